The van der Waals surface area contributed by atoms with Crippen molar-refractivity contribution < 1.29 is 13.9 Å². The van der Waals surface area contributed by atoms with Gasteiger partial charge >= 0.3 is 5.97 Å². The predicted molar refractivity (Wildman–Crippen MR) is 70.5 cm³/mol. The Labute approximate surface area is 116 Å². The molecule has 2 aromatic rings. The summed E-state index contributed by atoms with van der Waals surface area (Å²) in [6.07, 6.45) is 0. The Kier molecular flexibility index (Phi) is 3.90. The van der Waals surface area contributed by atoms with Crippen molar-refractivity contribution in [2.45, 2.75) is 6.92 Å². The zero-order valence-corrected chi connectivity index (χ0v) is 11.6. The van der Waals surface area contributed by atoms with E-state index in [0.717, 1.165) is 0 Å². The molecule has 0 fully saturated rings. The number of nitrogens with one attached hydrogen (secondary N) is 1. The van der Waals surface area contributed by atoms with Crippen LogP contribution in [0.25, 0.3) is 11.4 Å². The summed E-state index contributed by atoms with van der Waals surface area (Å²) in [7, 11) is 0. The molecule has 1 N–H and O–H groups in total. The maximum atomic E-state index is 13.0. The molecule has 1 aromatic carbocycles. The fourth-order valence-corrected chi connectivity index (χ4v) is 2.06. The second-order valence-corrected chi connectivity index (χ2v) is 4.51. The Balaban J connectivity index is 2.32. The average molecular weight is 361 g/mol. The maximum absolute atomic E-state index is 13.0. The first kappa shape index (κ1) is 12.9. The fourth-order valence-electron chi connectivity index (χ4n) is 1.34. The molecule has 0 unspecified atom stereocenters. The highest BCUT2D eigenvalue weighted by molar-refractivity contribution is 14.1. The van der Waals surface area contributed by atoms with Gasteiger partial charge in [-0.25, -0.2) is 14.2 Å². The van der Waals surface area contributed by atoms with Crippen LogP contribution in [-0.4, -0.2) is 27.8 Å². The number of aromatic nitrogens is 3. The SMILES string of the molecule is CCOC(=O)c1nc(-c2ccc(F)cc2I)n[nH]1. The number of hydrogen-bond acceptors (Lipinski definition) is 4. The van der Waals surface area contributed by atoms with E-state index in [1.54, 1.807) is 13.0 Å². The van der Waals surface area contributed by atoms with Crippen LogP contribution in [0, 0.1) is 9.39 Å². The molecule has 0 atom stereocenters. The summed E-state index contributed by atoms with van der Waals surface area (Å²) in [5.41, 5.74) is 0.656. The molecule has 2 rings (SSSR count). The van der Waals surface area contributed by atoms with Crippen LogP contribution in [0.4, 0.5) is 4.39 Å². The zero-order valence-electron chi connectivity index (χ0n) is 9.41. The van der Waals surface area contributed by atoms with E-state index in [0.29, 0.717) is 15.0 Å². The molecule has 1 aromatic heterocycles. The summed E-state index contributed by atoms with van der Waals surface area (Å²) in [6.45, 7) is 1.97. The monoisotopic (exact) mass is 361 g/mol. The van der Waals surface area contributed by atoms with Crippen molar-refractivity contribution in [2.24, 2.45) is 0 Å². The lowest BCUT2D eigenvalue weighted by Gasteiger charge is -1.99. The number of carbonyl (C=O) groups is 1. The quantitative estimate of drug-likeness (QED) is 0.674. The number of esters is 1. The standard InChI is InChI=1S/C11H9FIN3O2/c1-2-18-11(17)10-14-9(15-16-10)7-4-3-6(12)5-8(7)13/h3-5H,2H2,1H3,(H,14,15,16). The van der Waals surface area contributed by atoms with E-state index in [1.807, 2.05) is 22.6 Å². The Hall–Kier alpha value is -1.51. The number of rotatable bonds is 3. The summed E-state index contributed by atoms with van der Waals surface area (Å²) >= 11 is 1.98. The minimum Gasteiger partial charge on any atom is -0.460 e. The first-order valence-corrected chi connectivity index (χ1v) is 6.24. The Morgan fingerprint density at radius 1 is 1.56 bits per heavy atom. The molecule has 0 aliphatic heterocycles. The molecule has 7 heteroatoms. The number of nitrogens with zero attached hydrogens (tertiary/aromatic N) is 2. The van der Waals surface area contributed by atoms with E-state index >= 15 is 0 Å². The van der Waals surface area contributed by atoms with E-state index in [-0.39, 0.29) is 18.2 Å². The number of benzene rings is 1. The summed E-state index contributed by atoms with van der Waals surface area (Å²) in [6, 6.07) is 4.25. The van der Waals surface area contributed by atoms with Gasteiger partial charge in [-0.05, 0) is 47.7 Å². The van der Waals surface area contributed by atoms with Gasteiger partial charge in [0.2, 0.25) is 5.82 Å². The molecule has 0 amide bonds. The van der Waals surface area contributed by atoms with Crippen molar-refractivity contribution in [1.29, 1.82) is 0 Å². The van der Waals surface area contributed by atoms with Crippen molar-refractivity contribution in [2.75, 3.05) is 6.61 Å². The Bertz CT molecular complexity index is 585. The van der Waals surface area contributed by atoms with E-state index in [4.69, 9.17) is 4.74 Å². The normalized spacial score (nSPS) is 10.4. The second kappa shape index (κ2) is 5.42. The van der Waals surface area contributed by atoms with Gasteiger partial charge in [0, 0.05) is 9.13 Å². The molecule has 0 saturated heterocycles. The molecule has 94 valence electrons. The highest BCUT2D eigenvalue weighted by atomic mass is 127. The lowest BCUT2D eigenvalue weighted by molar-refractivity contribution is 0.0512. The number of halogens is 2. The van der Waals surface area contributed by atoms with Gasteiger partial charge in [-0.15, -0.1) is 0 Å². The minimum absolute atomic E-state index is 0.0342. The van der Waals surface area contributed by atoms with Gasteiger partial charge in [-0.3, -0.25) is 5.10 Å². The Morgan fingerprint density at radius 2 is 2.33 bits per heavy atom. The third-order valence-corrected chi connectivity index (χ3v) is 3.02. The van der Waals surface area contributed by atoms with Crippen LogP contribution in [0.15, 0.2) is 18.2 Å². The highest BCUT2D eigenvalue weighted by Crippen LogP contribution is 2.22. The molecule has 1 heterocycles. The van der Waals surface area contributed by atoms with Gasteiger partial charge in [0.1, 0.15) is 5.82 Å². The van der Waals surface area contributed by atoms with Gasteiger partial charge in [-0.2, -0.15) is 5.10 Å². The van der Waals surface area contributed by atoms with Crippen molar-refractivity contribution in [3.63, 3.8) is 0 Å². The van der Waals surface area contributed by atoms with E-state index in [1.165, 1.54) is 12.1 Å². The smallest absolute Gasteiger partial charge is 0.375 e. The second-order valence-electron chi connectivity index (χ2n) is 3.35. The summed E-state index contributed by atoms with van der Waals surface area (Å²) in [5, 5.41) is 6.41. The number of carbonyl (C=O) groups excluding carboxylic acids is 1. The van der Waals surface area contributed by atoms with E-state index in [9.17, 15) is 9.18 Å². The third kappa shape index (κ3) is 2.66. The average Bonchev–Trinajstić information content (AvgIpc) is 2.78. The van der Waals surface area contributed by atoms with Gasteiger partial charge in [-0.1, -0.05) is 0 Å². The van der Waals surface area contributed by atoms with Crippen LogP contribution in [0.5, 0.6) is 0 Å². The molecular weight excluding hydrogens is 352 g/mol. The molecule has 0 radical (unpaired) electrons. The first-order chi connectivity index (χ1) is 8.61. The van der Waals surface area contributed by atoms with Crippen LogP contribution < -0.4 is 0 Å². The van der Waals surface area contributed by atoms with Crippen molar-refractivity contribution in [1.82, 2.24) is 15.2 Å². The largest absolute Gasteiger partial charge is 0.460 e. The van der Waals surface area contributed by atoms with Crippen LogP contribution in [0.1, 0.15) is 17.5 Å². The fraction of sp³-hybridized carbons (Fsp3) is 0.182. The first-order valence-electron chi connectivity index (χ1n) is 5.16. The topological polar surface area (TPSA) is 67.9 Å². The van der Waals surface area contributed by atoms with Gasteiger partial charge < -0.3 is 4.74 Å². The number of H-pyrrole nitrogens is 1. The van der Waals surface area contributed by atoms with E-state index in [2.05, 4.69) is 15.2 Å². The van der Waals surface area contributed by atoms with E-state index < -0.39 is 5.97 Å². The van der Waals surface area contributed by atoms with Crippen LogP contribution >= 0.6 is 22.6 Å². The third-order valence-electron chi connectivity index (χ3n) is 2.13. The Morgan fingerprint density at radius 3 is 3.00 bits per heavy atom. The summed E-state index contributed by atoms with van der Waals surface area (Å²) < 4.78 is 18.4. The van der Waals surface area contributed by atoms with Crippen LogP contribution in [0.2, 0.25) is 0 Å². The van der Waals surface area contributed by atoms with Crippen molar-refractivity contribution in [3.05, 3.63) is 33.4 Å². The number of hydrogen-bond donors (Lipinski definition) is 1. The molecular formula is C11H9FIN3O2. The minimum atomic E-state index is -0.562. The molecule has 0 saturated carbocycles. The lowest BCUT2D eigenvalue weighted by atomic mass is 10.2. The van der Waals surface area contributed by atoms with Crippen molar-refractivity contribution in [3.8, 4) is 11.4 Å². The summed E-state index contributed by atoms with van der Waals surface area (Å²) in [5.74, 6) is -0.521. The van der Waals surface area contributed by atoms with Gasteiger partial charge in [0.15, 0.2) is 5.82 Å². The van der Waals surface area contributed by atoms with Gasteiger partial charge in [0.05, 0.1) is 6.61 Å². The van der Waals surface area contributed by atoms with Gasteiger partial charge in [0.25, 0.3) is 0 Å². The zero-order chi connectivity index (χ0) is 13.1. The number of aromatic amines is 1. The van der Waals surface area contributed by atoms with Crippen LogP contribution in [0.3, 0.4) is 0 Å². The molecule has 0 aliphatic rings. The highest BCUT2D eigenvalue weighted by Gasteiger charge is 2.15. The number of ether oxygens (including phenoxy) is 1. The molecule has 0 aliphatic carbocycles. The molecule has 5 nitrogen and oxygen atoms in total. The maximum Gasteiger partial charge on any atom is 0.375 e. The molecule has 0 spiro atoms. The molecule has 0 bridgehead atoms. The predicted octanol–water partition coefficient (Wildman–Crippen LogP) is 2.39. The summed E-state index contributed by atoms with van der Waals surface area (Å²) in [4.78, 5) is 15.4. The molecule has 18 heavy (non-hydrogen) atoms. The van der Waals surface area contributed by atoms with Crippen LogP contribution in [-0.2, 0) is 4.74 Å². The lowest BCUT2D eigenvalue weighted by Crippen LogP contribution is -2.06. The van der Waals surface area contributed by atoms with Crippen molar-refractivity contribution >= 4 is 28.6 Å².